The summed E-state index contributed by atoms with van der Waals surface area (Å²) in [5, 5.41) is 19.6. The molecule has 0 aliphatic carbocycles. The van der Waals surface area contributed by atoms with Gasteiger partial charge in [0.25, 0.3) is 0 Å². The predicted molar refractivity (Wildman–Crippen MR) is 233 cm³/mol. The van der Waals surface area contributed by atoms with Crippen molar-refractivity contribution in [2.24, 2.45) is 0 Å². The fourth-order valence-electron chi connectivity index (χ4n) is 7.68. The molecule has 0 spiro atoms. The average molecular weight is 863 g/mol. The topological polar surface area (TPSA) is 190 Å². The second-order valence-electron chi connectivity index (χ2n) is 15.1. The number of methoxy groups -OCH3 is 3. The Balaban J connectivity index is 1.40. The highest BCUT2D eigenvalue weighted by molar-refractivity contribution is 6.00. The van der Waals surface area contributed by atoms with E-state index in [1.54, 1.807) is 106 Å². The van der Waals surface area contributed by atoms with Crippen molar-refractivity contribution in [3.63, 3.8) is 0 Å². The fraction of sp³-hybridized carbons (Fsp3) is 0.286. The SMILES string of the molecule is COc1c(C)c(OC(=O)c2ccc(Oc3cccc(C(=O)Oc4c(C)c(C)c(C(=O)Oc5c(C)c(C)c(C(=O)O)c(OC)c5C)c(OC)c4C)c3C)c(C)c2)c(C)c(C)c1C(=O)O. The molecular formula is C49H50O14. The fourth-order valence-corrected chi connectivity index (χ4v) is 7.68. The Morgan fingerprint density at radius 1 is 0.413 bits per heavy atom. The third-order valence-corrected chi connectivity index (χ3v) is 11.5. The molecule has 63 heavy (non-hydrogen) atoms. The maximum Gasteiger partial charge on any atom is 0.347 e. The third-order valence-electron chi connectivity index (χ3n) is 11.5. The number of carbonyl (C=O) groups is 5. The molecular weight excluding hydrogens is 813 g/mol. The Morgan fingerprint density at radius 2 is 0.825 bits per heavy atom. The molecule has 5 aromatic rings. The van der Waals surface area contributed by atoms with Crippen molar-refractivity contribution in [2.45, 2.75) is 76.2 Å². The van der Waals surface area contributed by atoms with Gasteiger partial charge in [0.2, 0.25) is 0 Å². The molecule has 0 aliphatic heterocycles. The number of carbonyl (C=O) groups excluding carboxylic acids is 3. The minimum absolute atomic E-state index is 0.000577. The summed E-state index contributed by atoms with van der Waals surface area (Å²) in [6.45, 7) is 18.3. The second kappa shape index (κ2) is 18.3. The zero-order chi connectivity index (χ0) is 46.9. The highest BCUT2D eigenvalue weighted by Gasteiger charge is 2.31. The van der Waals surface area contributed by atoms with Gasteiger partial charge in [-0.2, -0.15) is 0 Å². The molecule has 0 saturated heterocycles. The average Bonchev–Trinajstić information content (AvgIpc) is 3.23. The molecule has 0 fully saturated rings. The van der Waals surface area contributed by atoms with E-state index < -0.39 is 29.8 Å². The molecule has 0 heterocycles. The van der Waals surface area contributed by atoms with E-state index in [1.165, 1.54) is 27.4 Å². The predicted octanol–water partition coefficient (Wildman–Crippen LogP) is 9.95. The van der Waals surface area contributed by atoms with Crippen molar-refractivity contribution < 1.29 is 67.3 Å². The first-order chi connectivity index (χ1) is 29.6. The number of ether oxygens (including phenoxy) is 7. The molecule has 2 N–H and O–H groups in total. The van der Waals surface area contributed by atoms with E-state index in [0.717, 1.165) is 0 Å². The number of carboxylic acid groups (broad SMARTS) is 2. The van der Waals surface area contributed by atoms with E-state index in [0.29, 0.717) is 72.7 Å². The molecule has 5 rings (SSSR count). The summed E-state index contributed by atoms with van der Waals surface area (Å²) in [5.41, 5.74) is 5.27. The van der Waals surface area contributed by atoms with Gasteiger partial charge in [-0.15, -0.1) is 0 Å². The highest BCUT2D eigenvalue weighted by Crippen LogP contribution is 2.43. The van der Waals surface area contributed by atoms with Crippen LogP contribution in [0.15, 0.2) is 36.4 Å². The molecule has 0 aromatic heterocycles. The van der Waals surface area contributed by atoms with Crippen LogP contribution >= 0.6 is 0 Å². The van der Waals surface area contributed by atoms with Crippen LogP contribution in [0.4, 0.5) is 0 Å². The first-order valence-electron chi connectivity index (χ1n) is 19.7. The molecule has 0 radical (unpaired) electrons. The van der Waals surface area contributed by atoms with Crippen molar-refractivity contribution in [3.05, 3.63) is 125 Å². The van der Waals surface area contributed by atoms with E-state index in [9.17, 15) is 34.2 Å². The Hall–Kier alpha value is -7.35. The number of aromatic carboxylic acids is 2. The van der Waals surface area contributed by atoms with Gasteiger partial charge in [0, 0.05) is 22.3 Å². The molecule has 5 aromatic carbocycles. The molecule has 0 saturated carbocycles. The minimum atomic E-state index is -1.17. The first kappa shape index (κ1) is 46.7. The summed E-state index contributed by atoms with van der Waals surface area (Å²) in [6, 6.07) is 9.67. The number of carboxylic acids is 2. The van der Waals surface area contributed by atoms with Gasteiger partial charge in [0.15, 0.2) is 0 Å². The van der Waals surface area contributed by atoms with E-state index in [4.69, 9.17) is 33.2 Å². The molecule has 0 atom stereocenters. The molecule has 14 nitrogen and oxygen atoms in total. The number of aryl methyl sites for hydroxylation is 1. The van der Waals surface area contributed by atoms with Crippen molar-refractivity contribution in [1.82, 2.24) is 0 Å². The van der Waals surface area contributed by atoms with Crippen molar-refractivity contribution in [3.8, 4) is 46.0 Å². The Kier molecular flexibility index (Phi) is 13.6. The van der Waals surface area contributed by atoms with Crippen LogP contribution in [0.5, 0.6) is 46.0 Å². The zero-order valence-electron chi connectivity index (χ0n) is 37.8. The van der Waals surface area contributed by atoms with Crippen LogP contribution in [-0.2, 0) is 0 Å². The van der Waals surface area contributed by atoms with Crippen LogP contribution < -0.4 is 33.2 Å². The van der Waals surface area contributed by atoms with Gasteiger partial charge >= 0.3 is 29.8 Å². The van der Waals surface area contributed by atoms with Gasteiger partial charge in [-0.3, -0.25) is 0 Å². The number of benzene rings is 5. The van der Waals surface area contributed by atoms with Gasteiger partial charge in [-0.05, 0) is 145 Å². The van der Waals surface area contributed by atoms with Crippen LogP contribution in [0.25, 0.3) is 0 Å². The molecule has 0 bridgehead atoms. The number of hydrogen-bond acceptors (Lipinski definition) is 12. The zero-order valence-corrected chi connectivity index (χ0v) is 37.8. The molecule has 0 amide bonds. The van der Waals surface area contributed by atoms with Gasteiger partial charge < -0.3 is 43.4 Å². The molecule has 0 aliphatic rings. The lowest BCUT2D eigenvalue weighted by atomic mass is 9.95. The van der Waals surface area contributed by atoms with Gasteiger partial charge in [-0.1, -0.05) is 6.07 Å². The number of esters is 3. The summed E-state index contributed by atoms with van der Waals surface area (Å²) in [6.07, 6.45) is 0. The molecule has 0 unspecified atom stereocenters. The molecule has 14 heteroatoms. The lowest BCUT2D eigenvalue weighted by molar-refractivity contribution is 0.0679. The quantitative estimate of drug-likeness (QED) is 0.0840. The summed E-state index contributed by atoms with van der Waals surface area (Å²) in [4.78, 5) is 65.2. The lowest BCUT2D eigenvalue weighted by Gasteiger charge is -2.22. The van der Waals surface area contributed by atoms with E-state index in [-0.39, 0.29) is 62.3 Å². The number of rotatable bonds is 13. The third kappa shape index (κ3) is 8.48. The van der Waals surface area contributed by atoms with Gasteiger partial charge in [0.05, 0.1) is 32.5 Å². The summed E-state index contributed by atoms with van der Waals surface area (Å²) in [7, 11) is 4.08. The standard InChI is InChI=1S/C49H50O14/c1-21-20-32(47(54)61-39-25(5)22(2)36(45(50)51)42(57-12)29(39)9)18-19-34(21)60-35-17-15-16-33(28(35)8)48(55)62-40-27(7)24(4)38(44(59-14)31(40)11)49(56)63-41-26(6)23(3)37(46(52)53)43(58-13)30(41)10/h15-20H,1-14H3,(H,50,51)(H,52,53). The smallest absolute Gasteiger partial charge is 0.347 e. The van der Waals surface area contributed by atoms with E-state index in [2.05, 4.69) is 0 Å². The summed E-state index contributed by atoms with van der Waals surface area (Å²) >= 11 is 0. The van der Waals surface area contributed by atoms with Crippen LogP contribution in [0, 0.1) is 76.2 Å². The van der Waals surface area contributed by atoms with Gasteiger partial charge in [0.1, 0.15) is 62.7 Å². The largest absolute Gasteiger partial charge is 0.495 e. The summed E-state index contributed by atoms with van der Waals surface area (Å²) < 4.78 is 40.5. The molecule has 330 valence electrons. The van der Waals surface area contributed by atoms with Crippen LogP contribution in [0.1, 0.15) is 113 Å². The number of hydrogen-bond donors (Lipinski definition) is 2. The van der Waals surface area contributed by atoms with Crippen LogP contribution in [-0.4, -0.2) is 61.4 Å². The van der Waals surface area contributed by atoms with Crippen LogP contribution in [0.2, 0.25) is 0 Å². The Labute approximate surface area is 365 Å². The van der Waals surface area contributed by atoms with Crippen LogP contribution in [0.3, 0.4) is 0 Å². The Bertz CT molecular complexity index is 2760. The normalized spacial score (nSPS) is 10.8. The lowest BCUT2D eigenvalue weighted by Crippen LogP contribution is -2.18. The maximum absolute atomic E-state index is 14.0. The second-order valence-corrected chi connectivity index (χ2v) is 15.1. The van der Waals surface area contributed by atoms with Crippen molar-refractivity contribution in [1.29, 1.82) is 0 Å². The maximum atomic E-state index is 14.0. The highest BCUT2D eigenvalue weighted by atomic mass is 16.6. The first-order valence-corrected chi connectivity index (χ1v) is 19.7. The van der Waals surface area contributed by atoms with Crippen molar-refractivity contribution in [2.75, 3.05) is 21.3 Å². The van der Waals surface area contributed by atoms with E-state index in [1.807, 2.05) is 0 Å². The monoisotopic (exact) mass is 862 g/mol. The summed E-state index contributed by atoms with van der Waals surface area (Å²) in [5.74, 6) is -2.85. The van der Waals surface area contributed by atoms with Crippen molar-refractivity contribution >= 4 is 29.8 Å². The van der Waals surface area contributed by atoms with Gasteiger partial charge in [-0.25, -0.2) is 24.0 Å². The van der Waals surface area contributed by atoms with E-state index >= 15 is 0 Å². The minimum Gasteiger partial charge on any atom is -0.495 e. The Morgan fingerprint density at radius 3 is 1.25 bits per heavy atom.